The quantitative estimate of drug-likeness (QED) is 0.443. The van der Waals surface area contributed by atoms with Crippen molar-refractivity contribution in [2.45, 2.75) is 0 Å². The lowest BCUT2D eigenvalue weighted by molar-refractivity contribution is 0.103. The number of rotatable bonds is 2. The van der Waals surface area contributed by atoms with E-state index in [0.29, 0.717) is 5.02 Å². The molecule has 0 fully saturated rings. The Kier molecular flexibility index (Phi) is 3.90. The maximum Gasteiger partial charge on any atom is 0.267 e. The number of amides is 1. The van der Waals surface area contributed by atoms with Gasteiger partial charge < -0.3 is 5.32 Å². The minimum Gasteiger partial charge on any atom is -0.319 e. The van der Waals surface area contributed by atoms with E-state index in [0.717, 1.165) is 33.0 Å². The molecule has 1 heterocycles. The van der Waals surface area contributed by atoms with E-state index in [1.807, 2.05) is 36.4 Å². The number of benzene rings is 3. The van der Waals surface area contributed by atoms with E-state index in [1.54, 1.807) is 0 Å². The molecule has 0 bridgehead atoms. The Balaban J connectivity index is 1.80. The second-order valence-corrected chi connectivity index (χ2v) is 6.91. The molecule has 1 N–H and O–H groups in total. The number of hydrogen-bond donors (Lipinski definition) is 1. The minimum atomic E-state index is -0.837. The van der Waals surface area contributed by atoms with Gasteiger partial charge >= 0.3 is 0 Å². The second kappa shape index (κ2) is 6.10. The van der Waals surface area contributed by atoms with Crippen LogP contribution in [0.15, 0.2) is 54.6 Å². The number of fused-ring (bicyclic) bond motifs is 3. The first-order valence-corrected chi connectivity index (χ1v) is 8.60. The third-order valence-electron chi connectivity index (χ3n) is 3.91. The van der Waals surface area contributed by atoms with Crippen LogP contribution < -0.4 is 5.32 Å². The van der Waals surface area contributed by atoms with E-state index in [9.17, 15) is 13.6 Å². The van der Waals surface area contributed by atoms with Crippen molar-refractivity contribution in [1.29, 1.82) is 0 Å². The highest BCUT2D eigenvalue weighted by Gasteiger charge is 2.20. The van der Waals surface area contributed by atoms with Gasteiger partial charge in [-0.2, -0.15) is 0 Å². The highest BCUT2D eigenvalue weighted by Crippen LogP contribution is 2.40. The van der Waals surface area contributed by atoms with Crippen molar-refractivity contribution in [1.82, 2.24) is 0 Å². The number of thiophene rings is 1. The third-order valence-corrected chi connectivity index (χ3v) is 5.55. The van der Waals surface area contributed by atoms with Crippen LogP contribution in [0.3, 0.4) is 0 Å². The number of nitrogens with one attached hydrogen (secondary N) is 1. The van der Waals surface area contributed by atoms with E-state index in [1.165, 1.54) is 17.4 Å². The van der Waals surface area contributed by atoms with Crippen LogP contribution in [-0.4, -0.2) is 5.91 Å². The lowest BCUT2D eigenvalue weighted by atomic mass is 10.1. The van der Waals surface area contributed by atoms with Gasteiger partial charge in [0.1, 0.15) is 16.5 Å². The third kappa shape index (κ3) is 2.75. The Morgan fingerprint density at radius 1 is 1.04 bits per heavy atom. The lowest BCUT2D eigenvalue weighted by Gasteiger charge is -2.05. The number of hydrogen-bond acceptors (Lipinski definition) is 2. The summed E-state index contributed by atoms with van der Waals surface area (Å²) in [7, 11) is 0. The molecule has 3 aromatic carbocycles. The van der Waals surface area contributed by atoms with Gasteiger partial charge in [-0.05, 0) is 29.0 Å². The van der Waals surface area contributed by atoms with E-state index >= 15 is 0 Å². The van der Waals surface area contributed by atoms with E-state index in [4.69, 9.17) is 11.6 Å². The van der Waals surface area contributed by atoms with Crippen molar-refractivity contribution in [2.24, 2.45) is 0 Å². The molecular formula is C19H10ClF2NOS. The molecular weight excluding hydrogens is 364 g/mol. The van der Waals surface area contributed by atoms with Crippen molar-refractivity contribution >= 4 is 55.4 Å². The molecule has 0 aliphatic rings. The van der Waals surface area contributed by atoms with Gasteiger partial charge in [-0.1, -0.05) is 41.9 Å². The molecule has 124 valence electrons. The summed E-state index contributed by atoms with van der Waals surface area (Å²) in [6, 6.07) is 14.6. The van der Waals surface area contributed by atoms with Crippen molar-refractivity contribution < 1.29 is 13.6 Å². The summed E-state index contributed by atoms with van der Waals surface area (Å²) in [5.74, 6) is -2.07. The topological polar surface area (TPSA) is 29.1 Å². The van der Waals surface area contributed by atoms with Crippen LogP contribution in [-0.2, 0) is 0 Å². The minimum absolute atomic E-state index is 0.0928. The Bertz CT molecular complexity index is 1140. The predicted octanol–water partition coefficient (Wildman–Crippen LogP) is 6.24. The van der Waals surface area contributed by atoms with Crippen LogP contribution in [0.1, 0.15) is 9.67 Å². The molecule has 4 rings (SSSR count). The fourth-order valence-corrected chi connectivity index (χ4v) is 4.21. The zero-order valence-corrected chi connectivity index (χ0v) is 14.2. The molecule has 25 heavy (non-hydrogen) atoms. The SMILES string of the molecule is O=C(Nc1ccc(F)cc1F)c1sc2ccc3ccccc3c2c1Cl. The fraction of sp³-hybridized carbons (Fsp3) is 0. The van der Waals surface area contributed by atoms with E-state index in [-0.39, 0.29) is 10.6 Å². The average Bonchev–Trinajstić information content (AvgIpc) is 2.95. The summed E-state index contributed by atoms with van der Waals surface area (Å²) in [5.41, 5.74) is -0.0928. The first-order chi connectivity index (χ1) is 12.0. The smallest absolute Gasteiger partial charge is 0.267 e. The lowest BCUT2D eigenvalue weighted by Crippen LogP contribution is -2.12. The predicted molar refractivity (Wildman–Crippen MR) is 98.7 cm³/mol. The van der Waals surface area contributed by atoms with Gasteiger partial charge in [0.15, 0.2) is 0 Å². The first kappa shape index (κ1) is 16.0. The summed E-state index contributed by atoms with van der Waals surface area (Å²) in [6.07, 6.45) is 0. The molecule has 1 amide bonds. The van der Waals surface area contributed by atoms with Crippen molar-refractivity contribution in [3.63, 3.8) is 0 Å². The van der Waals surface area contributed by atoms with Gasteiger partial charge in [0, 0.05) is 16.2 Å². The Morgan fingerprint density at radius 2 is 1.84 bits per heavy atom. The van der Waals surface area contributed by atoms with Crippen LogP contribution in [0.2, 0.25) is 5.02 Å². The van der Waals surface area contributed by atoms with Crippen molar-refractivity contribution in [2.75, 3.05) is 5.32 Å². The molecule has 0 aliphatic heterocycles. The Hall–Kier alpha value is -2.50. The second-order valence-electron chi connectivity index (χ2n) is 5.48. The molecule has 0 spiro atoms. The number of carbonyl (C=O) groups excluding carboxylic acids is 1. The maximum absolute atomic E-state index is 13.8. The number of anilines is 1. The van der Waals surface area contributed by atoms with Crippen LogP contribution in [0.5, 0.6) is 0 Å². The van der Waals surface area contributed by atoms with Gasteiger partial charge in [-0.15, -0.1) is 11.3 Å². The number of carbonyl (C=O) groups is 1. The van der Waals surface area contributed by atoms with Crippen molar-refractivity contribution in [3.05, 3.63) is 76.1 Å². The largest absolute Gasteiger partial charge is 0.319 e. The summed E-state index contributed by atoms with van der Waals surface area (Å²) in [4.78, 5) is 12.8. The van der Waals surface area contributed by atoms with Crippen molar-refractivity contribution in [3.8, 4) is 0 Å². The summed E-state index contributed by atoms with van der Waals surface area (Å²) in [6.45, 7) is 0. The van der Waals surface area contributed by atoms with Gasteiger partial charge in [-0.25, -0.2) is 8.78 Å². The highest BCUT2D eigenvalue weighted by atomic mass is 35.5. The van der Waals surface area contributed by atoms with Gasteiger partial charge in [-0.3, -0.25) is 4.79 Å². The molecule has 2 nitrogen and oxygen atoms in total. The maximum atomic E-state index is 13.8. The summed E-state index contributed by atoms with van der Waals surface area (Å²) in [5, 5.41) is 5.55. The molecule has 0 saturated carbocycles. The summed E-state index contributed by atoms with van der Waals surface area (Å²) >= 11 is 7.69. The molecule has 4 aromatic rings. The van der Waals surface area contributed by atoms with Crippen LogP contribution >= 0.6 is 22.9 Å². The molecule has 0 unspecified atom stereocenters. The Labute approximate surface area is 150 Å². The molecule has 0 aliphatic carbocycles. The molecule has 0 saturated heterocycles. The molecule has 1 aromatic heterocycles. The van der Waals surface area contributed by atoms with E-state index < -0.39 is 17.5 Å². The number of halogens is 3. The van der Waals surface area contributed by atoms with Crippen LogP contribution in [0.25, 0.3) is 20.9 Å². The fourth-order valence-electron chi connectivity index (χ4n) is 2.75. The van der Waals surface area contributed by atoms with Gasteiger partial charge in [0.05, 0.1) is 10.7 Å². The van der Waals surface area contributed by atoms with Crippen LogP contribution in [0, 0.1) is 11.6 Å². The zero-order valence-electron chi connectivity index (χ0n) is 12.6. The monoisotopic (exact) mass is 373 g/mol. The molecule has 0 radical (unpaired) electrons. The van der Waals surface area contributed by atoms with Crippen LogP contribution in [0.4, 0.5) is 14.5 Å². The zero-order chi connectivity index (χ0) is 17.6. The highest BCUT2D eigenvalue weighted by molar-refractivity contribution is 7.22. The normalized spacial score (nSPS) is 11.2. The standard InChI is InChI=1S/C19H10ClF2NOS/c20-17-16-12-4-2-1-3-10(12)5-8-15(16)25-18(17)19(24)23-14-7-6-11(21)9-13(14)22/h1-9H,(H,23,24). The summed E-state index contributed by atoms with van der Waals surface area (Å²) < 4.78 is 27.6. The Morgan fingerprint density at radius 3 is 2.64 bits per heavy atom. The first-order valence-electron chi connectivity index (χ1n) is 7.41. The van der Waals surface area contributed by atoms with E-state index in [2.05, 4.69) is 5.32 Å². The molecule has 6 heteroatoms. The van der Waals surface area contributed by atoms with Gasteiger partial charge in [0.25, 0.3) is 5.91 Å². The average molecular weight is 374 g/mol. The van der Waals surface area contributed by atoms with Gasteiger partial charge in [0.2, 0.25) is 0 Å². The molecule has 0 atom stereocenters.